The summed E-state index contributed by atoms with van der Waals surface area (Å²) >= 11 is 0. The molecule has 0 amide bonds. The first-order valence-corrected chi connectivity index (χ1v) is 4.81. The highest BCUT2D eigenvalue weighted by atomic mass is 16.4. The van der Waals surface area contributed by atoms with Crippen LogP contribution in [0.15, 0.2) is 51.7 Å². The minimum absolute atomic E-state index is 0.0936. The molecule has 0 fully saturated rings. The van der Waals surface area contributed by atoms with Crippen LogP contribution in [0.5, 0.6) is 5.75 Å². The summed E-state index contributed by atoms with van der Waals surface area (Å²) in [6.07, 6.45) is 3.44. The van der Waals surface area contributed by atoms with Crippen molar-refractivity contribution in [3.05, 3.63) is 64.2 Å². The predicted molar refractivity (Wildman–Crippen MR) is 62.0 cm³/mol. The molecule has 16 heavy (non-hydrogen) atoms. The highest BCUT2D eigenvalue weighted by Gasteiger charge is 1.96. The second-order valence-electron chi connectivity index (χ2n) is 3.28. The van der Waals surface area contributed by atoms with Crippen molar-refractivity contribution in [1.29, 1.82) is 0 Å². The number of hydrogen-bond acceptors (Lipinski definition) is 3. The van der Waals surface area contributed by atoms with Crippen molar-refractivity contribution >= 4 is 12.2 Å². The van der Waals surface area contributed by atoms with E-state index in [0.717, 1.165) is 11.6 Å². The standard InChI is InChI=1S/C13H10O3/c14-11-8-12(16-13(15)9-11)7-6-10-4-2-1-3-5-10/h1-9,14H/b7-6+. The van der Waals surface area contributed by atoms with Gasteiger partial charge in [0.05, 0.1) is 6.07 Å². The van der Waals surface area contributed by atoms with E-state index in [1.165, 1.54) is 6.07 Å². The molecule has 2 aromatic rings. The lowest BCUT2D eigenvalue weighted by Gasteiger charge is -1.94. The first kappa shape index (κ1) is 10.2. The third-order valence-electron chi connectivity index (χ3n) is 2.01. The summed E-state index contributed by atoms with van der Waals surface area (Å²) in [6.45, 7) is 0. The summed E-state index contributed by atoms with van der Waals surface area (Å²) in [7, 11) is 0. The Morgan fingerprint density at radius 1 is 1.06 bits per heavy atom. The van der Waals surface area contributed by atoms with E-state index in [2.05, 4.69) is 0 Å². The molecule has 0 aliphatic heterocycles. The molecule has 3 heteroatoms. The molecule has 0 atom stereocenters. The lowest BCUT2D eigenvalue weighted by molar-refractivity contribution is 0.444. The third kappa shape index (κ3) is 2.60. The molecule has 0 saturated heterocycles. The zero-order valence-corrected chi connectivity index (χ0v) is 8.46. The number of rotatable bonds is 2. The second kappa shape index (κ2) is 4.49. The van der Waals surface area contributed by atoms with E-state index >= 15 is 0 Å². The van der Waals surface area contributed by atoms with E-state index in [1.54, 1.807) is 12.2 Å². The Kier molecular flexibility index (Phi) is 2.87. The molecule has 0 spiro atoms. The van der Waals surface area contributed by atoms with Gasteiger partial charge in [0.15, 0.2) is 0 Å². The first-order chi connectivity index (χ1) is 7.74. The quantitative estimate of drug-likeness (QED) is 0.835. The number of benzene rings is 1. The van der Waals surface area contributed by atoms with Crippen LogP contribution in [0, 0.1) is 0 Å². The summed E-state index contributed by atoms with van der Waals surface area (Å²) in [4.78, 5) is 11.0. The van der Waals surface area contributed by atoms with Crippen LogP contribution >= 0.6 is 0 Å². The van der Waals surface area contributed by atoms with E-state index in [1.807, 2.05) is 30.3 Å². The van der Waals surface area contributed by atoms with Gasteiger partial charge in [0.1, 0.15) is 11.5 Å². The van der Waals surface area contributed by atoms with E-state index in [-0.39, 0.29) is 5.75 Å². The van der Waals surface area contributed by atoms with Gasteiger partial charge in [-0.05, 0) is 11.6 Å². The summed E-state index contributed by atoms with van der Waals surface area (Å²) in [5, 5.41) is 9.20. The van der Waals surface area contributed by atoms with Crippen molar-refractivity contribution in [3.63, 3.8) is 0 Å². The number of hydrogen-bond donors (Lipinski definition) is 1. The zero-order chi connectivity index (χ0) is 11.4. The molecule has 1 aromatic carbocycles. The minimum atomic E-state index is -0.562. The van der Waals surface area contributed by atoms with Crippen LogP contribution in [0.3, 0.4) is 0 Å². The van der Waals surface area contributed by atoms with Gasteiger partial charge in [0.2, 0.25) is 0 Å². The van der Waals surface area contributed by atoms with Gasteiger partial charge in [-0.15, -0.1) is 0 Å². The Morgan fingerprint density at radius 2 is 1.81 bits per heavy atom. The van der Waals surface area contributed by atoms with Crippen molar-refractivity contribution < 1.29 is 9.52 Å². The highest BCUT2D eigenvalue weighted by molar-refractivity contribution is 5.67. The topological polar surface area (TPSA) is 50.4 Å². The molecule has 1 N–H and O–H groups in total. The monoisotopic (exact) mass is 214 g/mol. The summed E-state index contributed by atoms with van der Waals surface area (Å²) < 4.78 is 4.88. The normalized spacial score (nSPS) is 10.8. The molecule has 1 heterocycles. The van der Waals surface area contributed by atoms with Gasteiger partial charge in [-0.1, -0.05) is 36.4 Å². The highest BCUT2D eigenvalue weighted by Crippen LogP contribution is 2.11. The van der Waals surface area contributed by atoms with Gasteiger partial charge in [-0.3, -0.25) is 0 Å². The maximum atomic E-state index is 11.0. The SMILES string of the molecule is O=c1cc(O)cc(/C=C/c2ccccc2)o1. The summed E-state index contributed by atoms with van der Waals surface area (Å²) in [5.74, 6) is 0.234. The van der Waals surface area contributed by atoms with Gasteiger partial charge in [0, 0.05) is 6.07 Å². The van der Waals surface area contributed by atoms with Crippen LogP contribution in [0.1, 0.15) is 11.3 Å². The number of aromatic hydroxyl groups is 1. The van der Waals surface area contributed by atoms with Crippen LogP contribution < -0.4 is 5.63 Å². The lowest BCUT2D eigenvalue weighted by atomic mass is 10.2. The van der Waals surface area contributed by atoms with Crippen LogP contribution in [0.4, 0.5) is 0 Å². The van der Waals surface area contributed by atoms with Crippen molar-refractivity contribution in [3.8, 4) is 5.75 Å². The molecule has 0 saturated carbocycles. The molecule has 0 aliphatic carbocycles. The molecule has 3 nitrogen and oxygen atoms in total. The average molecular weight is 214 g/mol. The molecule has 0 radical (unpaired) electrons. The summed E-state index contributed by atoms with van der Waals surface area (Å²) in [5.41, 5.74) is 0.432. The van der Waals surface area contributed by atoms with Gasteiger partial charge < -0.3 is 9.52 Å². The molecular formula is C13H10O3. The average Bonchev–Trinajstić information content (AvgIpc) is 2.27. The minimum Gasteiger partial charge on any atom is -0.508 e. The van der Waals surface area contributed by atoms with Crippen molar-refractivity contribution in [1.82, 2.24) is 0 Å². The smallest absolute Gasteiger partial charge is 0.339 e. The second-order valence-corrected chi connectivity index (χ2v) is 3.28. The fraction of sp³-hybridized carbons (Fsp3) is 0. The zero-order valence-electron chi connectivity index (χ0n) is 8.46. The Hall–Kier alpha value is -2.29. The molecule has 0 aliphatic rings. The van der Waals surface area contributed by atoms with Crippen molar-refractivity contribution in [2.75, 3.05) is 0 Å². The van der Waals surface area contributed by atoms with E-state index in [0.29, 0.717) is 5.76 Å². The molecule has 0 unspecified atom stereocenters. The Bertz CT molecular complexity index is 553. The third-order valence-corrected chi connectivity index (χ3v) is 2.01. The molecule has 1 aromatic heterocycles. The van der Waals surface area contributed by atoms with Gasteiger partial charge >= 0.3 is 5.63 Å². The van der Waals surface area contributed by atoms with Crippen molar-refractivity contribution in [2.24, 2.45) is 0 Å². The Morgan fingerprint density at radius 3 is 2.50 bits per heavy atom. The lowest BCUT2D eigenvalue weighted by Crippen LogP contribution is -1.95. The fourth-order valence-electron chi connectivity index (χ4n) is 1.31. The van der Waals surface area contributed by atoms with Crippen LogP contribution in [-0.2, 0) is 0 Å². The van der Waals surface area contributed by atoms with Crippen LogP contribution in [0.25, 0.3) is 12.2 Å². The van der Waals surface area contributed by atoms with Gasteiger partial charge in [-0.2, -0.15) is 0 Å². The molecule has 80 valence electrons. The molecular weight excluding hydrogens is 204 g/mol. The van der Waals surface area contributed by atoms with Crippen molar-refractivity contribution in [2.45, 2.75) is 0 Å². The van der Waals surface area contributed by atoms with E-state index < -0.39 is 5.63 Å². The van der Waals surface area contributed by atoms with E-state index in [9.17, 15) is 9.90 Å². The Labute approximate surface area is 92.3 Å². The molecule has 0 bridgehead atoms. The maximum absolute atomic E-state index is 11.0. The van der Waals surface area contributed by atoms with Gasteiger partial charge in [0.25, 0.3) is 0 Å². The maximum Gasteiger partial charge on any atom is 0.339 e. The van der Waals surface area contributed by atoms with E-state index in [4.69, 9.17) is 4.42 Å². The van der Waals surface area contributed by atoms with Gasteiger partial charge in [-0.25, -0.2) is 4.79 Å². The van der Waals surface area contributed by atoms with Crippen LogP contribution in [0.2, 0.25) is 0 Å². The first-order valence-electron chi connectivity index (χ1n) is 4.81. The fourth-order valence-corrected chi connectivity index (χ4v) is 1.31. The molecule has 2 rings (SSSR count). The summed E-state index contributed by atoms with van der Waals surface area (Å²) in [6, 6.07) is 12.0. The van der Waals surface area contributed by atoms with Crippen LogP contribution in [-0.4, -0.2) is 5.11 Å². The predicted octanol–water partition coefficient (Wildman–Crippen LogP) is 2.52. The Balaban J connectivity index is 2.27. The largest absolute Gasteiger partial charge is 0.508 e.